The summed E-state index contributed by atoms with van der Waals surface area (Å²) >= 11 is 0. The van der Waals surface area contributed by atoms with Crippen molar-refractivity contribution in [2.45, 2.75) is 25.7 Å². The van der Waals surface area contributed by atoms with Crippen LogP contribution in [0.2, 0.25) is 0 Å². The van der Waals surface area contributed by atoms with E-state index in [1.807, 2.05) is 0 Å². The standard InChI is InChI=1S/C9H14O/c10-5-7-4-9(7)2-1-6-3-8(6)9/h6-8,10H,1-5H2. The van der Waals surface area contributed by atoms with E-state index in [-0.39, 0.29) is 0 Å². The van der Waals surface area contributed by atoms with Gasteiger partial charge in [-0.05, 0) is 48.9 Å². The van der Waals surface area contributed by atoms with E-state index < -0.39 is 0 Å². The van der Waals surface area contributed by atoms with Crippen LogP contribution < -0.4 is 0 Å². The molecule has 0 aromatic rings. The Morgan fingerprint density at radius 2 is 2.40 bits per heavy atom. The Hall–Kier alpha value is -0.0400. The Morgan fingerprint density at radius 3 is 2.80 bits per heavy atom. The molecule has 0 amide bonds. The first-order chi connectivity index (χ1) is 4.87. The number of aliphatic hydroxyl groups excluding tert-OH is 1. The van der Waals surface area contributed by atoms with Crippen LogP contribution in [0.1, 0.15) is 25.7 Å². The minimum atomic E-state index is 0.462. The maximum absolute atomic E-state index is 8.97. The van der Waals surface area contributed by atoms with Gasteiger partial charge in [-0.15, -0.1) is 0 Å². The van der Waals surface area contributed by atoms with E-state index in [2.05, 4.69) is 0 Å². The van der Waals surface area contributed by atoms with Crippen molar-refractivity contribution >= 4 is 0 Å². The lowest BCUT2D eigenvalue weighted by atomic mass is 9.97. The molecule has 3 aliphatic carbocycles. The Morgan fingerprint density at radius 1 is 1.50 bits per heavy atom. The van der Waals surface area contributed by atoms with Crippen LogP contribution in [0, 0.1) is 23.2 Å². The molecule has 3 fully saturated rings. The Balaban J connectivity index is 1.82. The second-order valence-electron chi connectivity index (χ2n) is 4.46. The van der Waals surface area contributed by atoms with Crippen molar-refractivity contribution in [3.05, 3.63) is 0 Å². The van der Waals surface area contributed by atoms with Crippen LogP contribution in [0.3, 0.4) is 0 Å². The van der Waals surface area contributed by atoms with Crippen LogP contribution >= 0.6 is 0 Å². The molecule has 10 heavy (non-hydrogen) atoms. The molecule has 3 aliphatic rings. The summed E-state index contributed by atoms with van der Waals surface area (Å²) in [5, 5.41) is 8.97. The quantitative estimate of drug-likeness (QED) is 0.581. The summed E-state index contributed by atoms with van der Waals surface area (Å²) in [7, 11) is 0. The average molecular weight is 138 g/mol. The third kappa shape index (κ3) is 0.460. The van der Waals surface area contributed by atoms with E-state index >= 15 is 0 Å². The van der Waals surface area contributed by atoms with Crippen LogP contribution in [0.25, 0.3) is 0 Å². The normalized spacial score (nSPS) is 62.7. The van der Waals surface area contributed by atoms with Gasteiger partial charge in [-0.2, -0.15) is 0 Å². The summed E-state index contributed by atoms with van der Waals surface area (Å²) in [6.45, 7) is 0.462. The Kier molecular flexibility index (Phi) is 0.797. The molecule has 56 valence electrons. The van der Waals surface area contributed by atoms with Crippen molar-refractivity contribution in [1.29, 1.82) is 0 Å². The van der Waals surface area contributed by atoms with Gasteiger partial charge in [-0.3, -0.25) is 0 Å². The summed E-state index contributed by atoms with van der Waals surface area (Å²) in [4.78, 5) is 0. The molecule has 0 heterocycles. The molecule has 0 radical (unpaired) electrons. The molecule has 0 aliphatic heterocycles. The van der Waals surface area contributed by atoms with Crippen LogP contribution in [-0.4, -0.2) is 11.7 Å². The van der Waals surface area contributed by atoms with Gasteiger partial charge in [0, 0.05) is 6.61 Å². The molecule has 4 atom stereocenters. The zero-order chi connectivity index (χ0) is 6.77. The van der Waals surface area contributed by atoms with Crippen LogP contribution in [0.15, 0.2) is 0 Å². The molecule has 0 aromatic carbocycles. The summed E-state index contributed by atoms with van der Waals surface area (Å²) in [5.41, 5.74) is 0.694. The molecule has 3 rings (SSSR count). The van der Waals surface area contributed by atoms with Gasteiger partial charge >= 0.3 is 0 Å². The highest BCUT2D eigenvalue weighted by molar-refractivity contribution is 5.17. The SMILES string of the molecule is OCC1CC12CCC1CC12. The lowest BCUT2D eigenvalue weighted by molar-refractivity contribution is 0.241. The van der Waals surface area contributed by atoms with Gasteiger partial charge < -0.3 is 5.11 Å². The fraction of sp³-hybridized carbons (Fsp3) is 1.00. The third-order valence-corrected chi connectivity index (χ3v) is 4.14. The molecule has 1 nitrogen and oxygen atoms in total. The predicted octanol–water partition coefficient (Wildman–Crippen LogP) is 1.41. The Labute approximate surface area is 61.4 Å². The van der Waals surface area contributed by atoms with Gasteiger partial charge in [-0.25, -0.2) is 0 Å². The van der Waals surface area contributed by atoms with Crippen molar-refractivity contribution in [3.8, 4) is 0 Å². The fourth-order valence-electron chi connectivity index (χ4n) is 3.32. The van der Waals surface area contributed by atoms with Crippen molar-refractivity contribution in [2.75, 3.05) is 6.61 Å². The molecule has 0 aromatic heterocycles. The lowest BCUT2D eigenvalue weighted by Crippen LogP contribution is -2.04. The molecule has 0 saturated heterocycles. The maximum Gasteiger partial charge on any atom is 0.0464 e. The second-order valence-corrected chi connectivity index (χ2v) is 4.46. The molecule has 1 N–H and O–H groups in total. The van der Waals surface area contributed by atoms with Crippen LogP contribution in [0.4, 0.5) is 0 Å². The van der Waals surface area contributed by atoms with Gasteiger partial charge in [0.25, 0.3) is 0 Å². The van der Waals surface area contributed by atoms with Crippen molar-refractivity contribution in [1.82, 2.24) is 0 Å². The first-order valence-corrected chi connectivity index (χ1v) is 4.48. The molecular formula is C9H14O. The largest absolute Gasteiger partial charge is 0.396 e. The van der Waals surface area contributed by atoms with Crippen molar-refractivity contribution in [2.24, 2.45) is 23.2 Å². The number of hydrogen-bond acceptors (Lipinski definition) is 1. The monoisotopic (exact) mass is 138 g/mol. The van der Waals surface area contributed by atoms with Crippen LogP contribution in [-0.2, 0) is 0 Å². The molecule has 1 heteroatoms. The van der Waals surface area contributed by atoms with Crippen molar-refractivity contribution in [3.63, 3.8) is 0 Å². The molecular weight excluding hydrogens is 124 g/mol. The van der Waals surface area contributed by atoms with E-state index in [0.29, 0.717) is 17.9 Å². The highest BCUT2D eigenvalue weighted by atomic mass is 16.3. The minimum absolute atomic E-state index is 0.462. The minimum Gasteiger partial charge on any atom is -0.396 e. The van der Waals surface area contributed by atoms with E-state index in [0.717, 1.165) is 11.8 Å². The summed E-state index contributed by atoms with van der Waals surface area (Å²) in [6, 6.07) is 0. The molecule has 1 spiro atoms. The van der Waals surface area contributed by atoms with Crippen LogP contribution in [0.5, 0.6) is 0 Å². The van der Waals surface area contributed by atoms with E-state index in [1.165, 1.54) is 25.7 Å². The van der Waals surface area contributed by atoms with E-state index in [4.69, 9.17) is 5.11 Å². The van der Waals surface area contributed by atoms with E-state index in [9.17, 15) is 0 Å². The lowest BCUT2D eigenvalue weighted by Gasteiger charge is -2.08. The first-order valence-electron chi connectivity index (χ1n) is 4.48. The second kappa shape index (κ2) is 1.42. The molecule has 0 bridgehead atoms. The highest BCUT2D eigenvalue weighted by Gasteiger charge is 2.68. The number of hydrogen-bond donors (Lipinski definition) is 1. The van der Waals surface area contributed by atoms with Gasteiger partial charge in [-0.1, -0.05) is 0 Å². The van der Waals surface area contributed by atoms with Gasteiger partial charge in [0.05, 0.1) is 0 Å². The smallest absolute Gasteiger partial charge is 0.0464 e. The van der Waals surface area contributed by atoms with Crippen molar-refractivity contribution < 1.29 is 5.11 Å². The maximum atomic E-state index is 8.97. The highest BCUT2D eigenvalue weighted by Crippen LogP contribution is 2.75. The summed E-state index contributed by atoms with van der Waals surface area (Å²) in [5.74, 6) is 2.87. The number of fused-ring (bicyclic) bond motifs is 2. The summed E-state index contributed by atoms with van der Waals surface area (Å²) in [6.07, 6.45) is 5.76. The third-order valence-electron chi connectivity index (χ3n) is 4.14. The van der Waals surface area contributed by atoms with Gasteiger partial charge in [0.15, 0.2) is 0 Å². The number of rotatable bonds is 1. The zero-order valence-corrected chi connectivity index (χ0v) is 6.21. The average Bonchev–Trinajstić information content (AvgIpc) is 2.73. The summed E-state index contributed by atoms with van der Waals surface area (Å²) < 4.78 is 0. The van der Waals surface area contributed by atoms with Gasteiger partial charge in [0.2, 0.25) is 0 Å². The number of aliphatic hydroxyl groups is 1. The molecule has 4 unspecified atom stereocenters. The molecule has 3 saturated carbocycles. The topological polar surface area (TPSA) is 20.2 Å². The first kappa shape index (κ1) is 5.59. The zero-order valence-electron chi connectivity index (χ0n) is 6.21. The Bertz CT molecular complexity index is 178. The van der Waals surface area contributed by atoms with Gasteiger partial charge in [0.1, 0.15) is 0 Å². The predicted molar refractivity (Wildman–Crippen MR) is 38.5 cm³/mol. The fourth-order valence-corrected chi connectivity index (χ4v) is 3.32. The van der Waals surface area contributed by atoms with E-state index in [1.54, 1.807) is 0 Å².